The van der Waals surface area contributed by atoms with E-state index in [0.29, 0.717) is 33.6 Å². The molecular weight excluding hydrogens is 351 g/mol. The number of aryl methyl sites for hydroxylation is 1. The van der Waals surface area contributed by atoms with Crippen LogP contribution >= 0.6 is 27.5 Å². The Kier molecular flexibility index (Phi) is 4.65. The molecule has 2 rings (SSSR count). The largest absolute Gasteiger partial charge is 0.467 e. The number of fused-ring (bicyclic) bond motifs is 1. The van der Waals surface area contributed by atoms with E-state index in [9.17, 15) is 9.18 Å². The number of imidazole rings is 1. The zero-order valence-corrected chi connectivity index (χ0v) is 13.3. The maximum atomic E-state index is 13.6. The van der Waals surface area contributed by atoms with E-state index in [2.05, 4.69) is 20.9 Å². The number of rotatable bonds is 4. The summed E-state index contributed by atoms with van der Waals surface area (Å²) in [6.07, 6.45) is 0.483. The summed E-state index contributed by atoms with van der Waals surface area (Å²) in [5.41, 5.74) is 1.15. The highest BCUT2D eigenvalue weighted by Crippen LogP contribution is 2.27. The normalized spacial score (nSPS) is 12.7. The molecule has 7 heteroatoms. The van der Waals surface area contributed by atoms with Crippen LogP contribution < -0.4 is 0 Å². The molecule has 0 aliphatic carbocycles. The first-order valence-electron chi connectivity index (χ1n) is 5.99. The molecule has 0 aliphatic rings. The Morgan fingerprint density at radius 3 is 2.90 bits per heavy atom. The standard InChI is InChI=1S/C13H13BrClFN2O2/c1-7(13(19)20-2)18-11-5-8(14)9(16)6-10(11)17-12(18)3-4-15/h5-7H,3-4H2,1-2H3. The number of benzene rings is 1. The summed E-state index contributed by atoms with van der Waals surface area (Å²) in [5, 5.41) is 0. The van der Waals surface area contributed by atoms with E-state index in [1.54, 1.807) is 17.6 Å². The van der Waals surface area contributed by atoms with Gasteiger partial charge in [0.1, 0.15) is 17.7 Å². The molecule has 0 fully saturated rings. The van der Waals surface area contributed by atoms with Crippen molar-refractivity contribution in [2.75, 3.05) is 13.0 Å². The quantitative estimate of drug-likeness (QED) is 0.617. The molecule has 0 aliphatic heterocycles. The highest BCUT2D eigenvalue weighted by Gasteiger charge is 2.22. The number of aromatic nitrogens is 2. The van der Waals surface area contributed by atoms with Gasteiger partial charge in [-0.25, -0.2) is 14.2 Å². The predicted molar refractivity (Wildman–Crippen MR) is 78.5 cm³/mol. The monoisotopic (exact) mass is 362 g/mol. The minimum absolute atomic E-state index is 0.320. The molecule has 108 valence electrons. The van der Waals surface area contributed by atoms with Crippen LogP contribution in [-0.4, -0.2) is 28.5 Å². The number of carbonyl (C=O) groups is 1. The van der Waals surface area contributed by atoms with Gasteiger partial charge in [0.2, 0.25) is 0 Å². The van der Waals surface area contributed by atoms with Crippen molar-refractivity contribution in [3.05, 3.63) is 28.2 Å². The van der Waals surface area contributed by atoms with Crippen LogP contribution in [0.3, 0.4) is 0 Å². The highest BCUT2D eigenvalue weighted by molar-refractivity contribution is 9.10. The number of esters is 1. The van der Waals surface area contributed by atoms with Gasteiger partial charge in [0.05, 0.1) is 22.6 Å². The second-order valence-corrected chi connectivity index (χ2v) is 5.52. The SMILES string of the molecule is COC(=O)C(C)n1c(CCCl)nc2cc(F)c(Br)cc21. The molecule has 1 heterocycles. The van der Waals surface area contributed by atoms with Crippen LogP contribution in [0.1, 0.15) is 18.8 Å². The van der Waals surface area contributed by atoms with Crippen molar-refractivity contribution < 1.29 is 13.9 Å². The minimum Gasteiger partial charge on any atom is -0.467 e. The van der Waals surface area contributed by atoms with Crippen molar-refractivity contribution in [1.29, 1.82) is 0 Å². The van der Waals surface area contributed by atoms with Gasteiger partial charge in [0.15, 0.2) is 0 Å². The summed E-state index contributed by atoms with van der Waals surface area (Å²) in [7, 11) is 1.33. The lowest BCUT2D eigenvalue weighted by Gasteiger charge is -2.15. The molecule has 0 spiro atoms. The van der Waals surface area contributed by atoms with Crippen molar-refractivity contribution >= 4 is 44.5 Å². The molecule has 0 N–H and O–H groups in total. The van der Waals surface area contributed by atoms with Crippen LogP contribution in [0.2, 0.25) is 0 Å². The molecule has 2 aromatic rings. The fourth-order valence-corrected chi connectivity index (χ4v) is 2.61. The van der Waals surface area contributed by atoms with Gasteiger partial charge in [-0.1, -0.05) is 0 Å². The predicted octanol–water partition coefficient (Wildman–Crippen LogP) is 3.45. The number of carbonyl (C=O) groups excluding carboxylic acids is 1. The number of halogens is 3. The fraction of sp³-hybridized carbons (Fsp3) is 0.385. The van der Waals surface area contributed by atoms with Crippen molar-refractivity contribution in [2.45, 2.75) is 19.4 Å². The van der Waals surface area contributed by atoms with Crippen LogP contribution in [-0.2, 0) is 16.0 Å². The summed E-state index contributed by atoms with van der Waals surface area (Å²) in [6.45, 7) is 1.71. The van der Waals surface area contributed by atoms with E-state index in [4.69, 9.17) is 16.3 Å². The molecule has 4 nitrogen and oxygen atoms in total. The number of alkyl halides is 1. The number of nitrogens with zero attached hydrogens (tertiary/aromatic N) is 2. The molecule has 20 heavy (non-hydrogen) atoms. The lowest BCUT2D eigenvalue weighted by atomic mass is 10.2. The van der Waals surface area contributed by atoms with Gasteiger partial charge in [0, 0.05) is 18.4 Å². The fourth-order valence-electron chi connectivity index (χ4n) is 2.11. The molecule has 1 atom stereocenters. The van der Waals surface area contributed by atoms with Crippen molar-refractivity contribution in [2.24, 2.45) is 0 Å². The molecule has 0 radical (unpaired) electrons. The van der Waals surface area contributed by atoms with Gasteiger partial charge < -0.3 is 9.30 Å². The first kappa shape index (κ1) is 15.3. The van der Waals surface area contributed by atoms with Gasteiger partial charge >= 0.3 is 5.97 Å². The third-order valence-electron chi connectivity index (χ3n) is 3.05. The Morgan fingerprint density at radius 1 is 1.60 bits per heavy atom. The van der Waals surface area contributed by atoms with Crippen LogP contribution in [0.4, 0.5) is 4.39 Å². The van der Waals surface area contributed by atoms with E-state index >= 15 is 0 Å². The molecule has 0 saturated heterocycles. The van der Waals surface area contributed by atoms with Crippen molar-refractivity contribution in [3.8, 4) is 0 Å². The molecule has 0 saturated carbocycles. The van der Waals surface area contributed by atoms with E-state index in [-0.39, 0.29) is 5.97 Å². The second-order valence-electron chi connectivity index (χ2n) is 4.29. The minimum atomic E-state index is -0.555. The van der Waals surface area contributed by atoms with Crippen LogP contribution in [0.15, 0.2) is 16.6 Å². The Labute approximate surface area is 129 Å². The molecule has 0 amide bonds. The topological polar surface area (TPSA) is 44.1 Å². The Morgan fingerprint density at radius 2 is 2.30 bits per heavy atom. The number of hydrogen-bond acceptors (Lipinski definition) is 3. The highest BCUT2D eigenvalue weighted by atomic mass is 79.9. The van der Waals surface area contributed by atoms with Gasteiger partial charge in [-0.15, -0.1) is 11.6 Å². The van der Waals surface area contributed by atoms with E-state index in [1.807, 2.05) is 0 Å². The third-order valence-corrected chi connectivity index (χ3v) is 3.85. The Hall–Kier alpha value is -1.14. The van der Waals surface area contributed by atoms with Gasteiger partial charge in [-0.2, -0.15) is 0 Å². The van der Waals surface area contributed by atoms with Crippen molar-refractivity contribution in [1.82, 2.24) is 9.55 Å². The summed E-state index contributed by atoms with van der Waals surface area (Å²) in [5.74, 6) is 0.206. The average molecular weight is 364 g/mol. The second kappa shape index (κ2) is 6.10. The first-order valence-corrected chi connectivity index (χ1v) is 7.32. The van der Waals surface area contributed by atoms with Crippen LogP contribution in [0.25, 0.3) is 11.0 Å². The van der Waals surface area contributed by atoms with Gasteiger partial charge in [-0.3, -0.25) is 0 Å². The summed E-state index contributed by atoms with van der Waals surface area (Å²) in [6, 6.07) is 2.38. The lowest BCUT2D eigenvalue weighted by Crippen LogP contribution is -2.20. The number of hydrogen-bond donors (Lipinski definition) is 0. The van der Waals surface area contributed by atoms with E-state index in [0.717, 1.165) is 0 Å². The van der Waals surface area contributed by atoms with Crippen molar-refractivity contribution in [3.63, 3.8) is 0 Å². The maximum absolute atomic E-state index is 13.6. The van der Waals surface area contributed by atoms with Gasteiger partial charge in [0.25, 0.3) is 0 Å². The van der Waals surface area contributed by atoms with E-state index < -0.39 is 11.9 Å². The Bertz CT molecular complexity index is 659. The number of ether oxygens (including phenoxy) is 1. The molecule has 1 aromatic carbocycles. The molecule has 1 aromatic heterocycles. The lowest BCUT2D eigenvalue weighted by molar-refractivity contribution is -0.143. The number of methoxy groups -OCH3 is 1. The average Bonchev–Trinajstić information content (AvgIpc) is 2.75. The van der Waals surface area contributed by atoms with Crippen LogP contribution in [0, 0.1) is 5.82 Å². The molecule has 1 unspecified atom stereocenters. The smallest absolute Gasteiger partial charge is 0.328 e. The van der Waals surface area contributed by atoms with Gasteiger partial charge in [-0.05, 0) is 28.9 Å². The van der Waals surface area contributed by atoms with Crippen LogP contribution in [0.5, 0.6) is 0 Å². The maximum Gasteiger partial charge on any atom is 0.328 e. The first-order chi connectivity index (χ1) is 9.49. The zero-order valence-electron chi connectivity index (χ0n) is 11.0. The molecular formula is C13H13BrClFN2O2. The Balaban J connectivity index is 2.67. The summed E-state index contributed by atoms with van der Waals surface area (Å²) in [4.78, 5) is 16.1. The van der Waals surface area contributed by atoms with E-state index in [1.165, 1.54) is 13.2 Å². The summed E-state index contributed by atoms with van der Waals surface area (Å²) >= 11 is 8.91. The molecule has 0 bridgehead atoms. The summed E-state index contributed by atoms with van der Waals surface area (Å²) < 4.78 is 20.4. The zero-order chi connectivity index (χ0) is 14.9. The third kappa shape index (κ3) is 2.67.